The molecule has 0 radical (unpaired) electrons. The zero-order chi connectivity index (χ0) is 23.6. The molecule has 0 aromatic rings. The van der Waals surface area contributed by atoms with Gasteiger partial charge in [-0.2, -0.15) is 0 Å². The summed E-state index contributed by atoms with van der Waals surface area (Å²) in [6.07, 6.45) is -1.07. The van der Waals surface area contributed by atoms with Gasteiger partial charge in [0.15, 0.2) is 0 Å². The molecule has 4 amide bonds. The van der Waals surface area contributed by atoms with Crippen molar-refractivity contribution in [1.29, 1.82) is 0 Å². The largest absolute Gasteiger partial charge is 0.481 e. The molecule has 0 spiro atoms. The minimum Gasteiger partial charge on any atom is -0.481 e. The van der Waals surface area contributed by atoms with Crippen LogP contribution >= 0.6 is 0 Å². The predicted molar refractivity (Wildman–Crippen MR) is 103 cm³/mol. The first-order chi connectivity index (χ1) is 13.7. The van der Waals surface area contributed by atoms with E-state index in [0.717, 1.165) is 0 Å². The third-order valence-corrected chi connectivity index (χ3v) is 3.84. The van der Waals surface area contributed by atoms with Gasteiger partial charge in [0.05, 0.1) is 18.9 Å². The Morgan fingerprint density at radius 1 is 0.800 bits per heavy atom. The Kier molecular flexibility index (Phi) is 11.0. The lowest BCUT2D eigenvalue weighted by Crippen LogP contribution is -2.56. The Balaban J connectivity index is 5.09. The lowest BCUT2D eigenvalue weighted by atomic mass is 10.0. The molecule has 0 rings (SSSR count). The maximum Gasteiger partial charge on any atom is 0.326 e. The normalized spacial score (nSPS) is 14.7. The summed E-state index contributed by atoms with van der Waals surface area (Å²) >= 11 is 0. The summed E-state index contributed by atoms with van der Waals surface area (Å²) in [5, 5.41) is 24.4. The number of rotatable bonds is 13. The first kappa shape index (κ1) is 26.8. The summed E-state index contributed by atoms with van der Waals surface area (Å²) in [7, 11) is 0. The molecule has 30 heavy (non-hydrogen) atoms. The van der Waals surface area contributed by atoms with Gasteiger partial charge in [0.2, 0.25) is 23.6 Å². The van der Waals surface area contributed by atoms with Crippen LogP contribution in [-0.2, 0) is 28.8 Å². The molecule has 4 atom stereocenters. The second kappa shape index (κ2) is 12.4. The fourth-order valence-corrected chi connectivity index (χ4v) is 2.34. The fourth-order valence-electron chi connectivity index (χ4n) is 2.34. The number of nitrogens with one attached hydrogen (secondary N) is 3. The molecular weight excluding hydrogens is 402 g/mol. The van der Waals surface area contributed by atoms with Crippen molar-refractivity contribution in [3.8, 4) is 0 Å². The summed E-state index contributed by atoms with van der Waals surface area (Å²) in [4.78, 5) is 69.4. The summed E-state index contributed by atoms with van der Waals surface area (Å²) < 4.78 is 0. The number of carboxylic acid groups (broad SMARTS) is 2. The molecule has 170 valence electrons. The SMILES string of the molecule is CC(C)CC(NC(=O)C(N)CC(N)=O)C(=O)NC(C)C(=O)NC(CC(=O)O)C(=O)O. The summed E-state index contributed by atoms with van der Waals surface area (Å²) in [5.41, 5.74) is 10.5. The average molecular weight is 431 g/mol. The number of amides is 4. The number of hydrogen-bond acceptors (Lipinski definition) is 7. The standard InChI is InChI=1S/C17H29N5O8/c1-7(2)4-10(21-15(27)9(18)5-12(19)23)16(28)20-8(3)14(26)22-11(17(29)30)6-13(24)25/h7-11H,4-6,18H2,1-3H3,(H2,19,23)(H,20,28)(H,21,27)(H,22,26)(H,24,25)(H,29,30). The maximum absolute atomic E-state index is 12.5. The second-order valence-electron chi connectivity index (χ2n) is 7.20. The molecule has 4 unspecified atom stereocenters. The monoisotopic (exact) mass is 431 g/mol. The highest BCUT2D eigenvalue weighted by molar-refractivity contribution is 5.95. The molecule has 0 aliphatic rings. The van der Waals surface area contributed by atoms with E-state index in [1.54, 1.807) is 13.8 Å². The number of primary amides is 1. The Hall–Kier alpha value is -3.22. The van der Waals surface area contributed by atoms with Crippen LogP contribution in [0.15, 0.2) is 0 Å². The van der Waals surface area contributed by atoms with Gasteiger partial charge in [-0.25, -0.2) is 4.79 Å². The smallest absolute Gasteiger partial charge is 0.326 e. The van der Waals surface area contributed by atoms with E-state index in [2.05, 4.69) is 10.6 Å². The molecule has 9 N–H and O–H groups in total. The van der Waals surface area contributed by atoms with E-state index in [-0.39, 0.29) is 12.3 Å². The Labute approximate surface area is 172 Å². The van der Waals surface area contributed by atoms with Crippen molar-refractivity contribution in [2.45, 2.75) is 64.2 Å². The van der Waals surface area contributed by atoms with Gasteiger partial charge in [0.25, 0.3) is 0 Å². The maximum atomic E-state index is 12.5. The number of carbonyl (C=O) groups is 6. The molecule has 0 bridgehead atoms. The van der Waals surface area contributed by atoms with Gasteiger partial charge >= 0.3 is 11.9 Å². The Morgan fingerprint density at radius 2 is 1.33 bits per heavy atom. The predicted octanol–water partition coefficient (Wildman–Crippen LogP) is -2.73. The van der Waals surface area contributed by atoms with E-state index >= 15 is 0 Å². The van der Waals surface area contributed by atoms with Gasteiger partial charge in [0, 0.05) is 0 Å². The fraction of sp³-hybridized carbons (Fsp3) is 0.647. The first-order valence-electron chi connectivity index (χ1n) is 9.14. The van der Waals surface area contributed by atoms with Gasteiger partial charge in [-0.1, -0.05) is 13.8 Å². The van der Waals surface area contributed by atoms with Crippen molar-refractivity contribution in [2.75, 3.05) is 0 Å². The minimum atomic E-state index is -1.67. The molecule has 0 aromatic carbocycles. The molecule has 0 saturated heterocycles. The van der Waals surface area contributed by atoms with Crippen LogP contribution in [0.5, 0.6) is 0 Å². The highest BCUT2D eigenvalue weighted by Gasteiger charge is 2.29. The highest BCUT2D eigenvalue weighted by Crippen LogP contribution is 2.06. The quantitative estimate of drug-likeness (QED) is 0.160. The van der Waals surface area contributed by atoms with E-state index in [0.29, 0.717) is 0 Å². The average Bonchev–Trinajstić information content (AvgIpc) is 2.58. The van der Waals surface area contributed by atoms with E-state index < -0.39 is 72.6 Å². The molecule has 0 aromatic heterocycles. The number of carbonyl (C=O) groups excluding carboxylic acids is 4. The van der Waals surface area contributed by atoms with Crippen LogP contribution in [0, 0.1) is 5.92 Å². The van der Waals surface area contributed by atoms with Crippen molar-refractivity contribution in [1.82, 2.24) is 16.0 Å². The molecule has 13 nitrogen and oxygen atoms in total. The van der Waals surface area contributed by atoms with Crippen LogP contribution in [0.1, 0.15) is 40.0 Å². The van der Waals surface area contributed by atoms with Gasteiger partial charge < -0.3 is 37.6 Å². The van der Waals surface area contributed by atoms with Crippen LogP contribution in [0.3, 0.4) is 0 Å². The zero-order valence-electron chi connectivity index (χ0n) is 17.0. The van der Waals surface area contributed by atoms with Gasteiger partial charge in [-0.05, 0) is 19.3 Å². The van der Waals surface area contributed by atoms with Crippen LogP contribution in [0.2, 0.25) is 0 Å². The minimum absolute atomic E-state index is 0.0375. The van der Waals surface area contributed by atoms with Gasteiger partial charge in [-0.3, -0.25) is 24.0 Å². The van der Waals surface area contributed by atoms with Crippen molar-refractivity contribution in [3.63, 3.8) is 0 Å². The number of aliphatic carboxylic acids is 2. The third-order valence-electron chi connectivity index (χ3n) is 3.84. The molecule has 0 fully saturated rings. The summed E-state index contributed by atoms with van der Waals surface area (Å²) in [6.45, 7) is 4.84. The zero-order valence-corrected chi connectivity index (χ0v) is 17.0. The van der Waals surface area contributed by atoms with E-state index in [4.69, 9.17) is 21.7 Å². The van der Waals surface area contributed by atoms with Crippen LogP contribution in [0.4, 0.5) is 0 Å². The highest BCUT2D eigenvalue weighted by atomic mass is 16.4. The Morgan fingerprint density at radius 3 is 1.77 bits per heavy atom. The number of hydrogen-bond donors (Lipinski definition) is 7. The van der Waals surface area contributed by atoms with Crippen LogP contribution < -0.4 is 27.4 Å². The third kappa shape index (κ3) is 10.4. The lowest BCUT2D eigenvalue weighted by Gasteiger charge is -2.24. The summed E-state index contributed by atoms with van der Waals surface area (Å²) in [6, 6.07) is -5.23. The second-order valence-corrected chi connectivity index (χ2v) is 7.20. The molecule has 0 saturated carbocycles. The number of carboxylic acids is 2. The Bertz CT molecular complexity index is 681. The topological polar surface area (TPSA) is 231 Å². The molecule has 0 aliphatic heterocycles. The molecule has 0 heterocycles. The lowest BCUT2D eigenvalue weighted by molar-refractivity contribution is -0.147. The van der Waals surface area contributed by atoms with Crippen molar-refractivity contribution in [3.05, 3.63) is 0 Å². The first-order valence-corrected chi connectivity index (χ1v) is 9.14. The van der Waals surface area contributed by atoms with E-state index in [1.807, 2.05) is 5.32 Å². The molecular formula is C17H29N5O8. The van der Waals surface area contributed by atoms with Gasteiger partial charge in [-0.15, -0.1) is 0 Å². The van der Waals surface area contributed by atoms with E-state index in [1.165, 1.54) is 6.92 Å². The number of nitrogens with two attached hydrogens (primary N) is 2. The van der Waals surface area contributed by atoms with Crippen LogP contribution in [-0.4, -0.2) is 69.9 Å². The van der Waals surface area contributed by atoms with Gasteiger partial charge in [0.1, 0.15) is 18.1 Å². The van der Waals surface area contributed by atoms with E-state index in [9.17, 15) is 28.8 Å². The van der Waals surface area contributed by atoms with Crippen LogP contribution in [0.25, 0.3) is 0 Å². The van der Waals surface area contributed by atoms with Crippen molar-refractivity contribution in [2.24, 2.45) is 17.4 Å². The van der Waals surface area contributed by atoms with Crippen molar-refractivity contribution < 1.29 is 39.0 Å². The molecule has 0 aliphatic carbocycles. The van der Waals surface area contributed by atoms with Crippen molar-refractivity contribution >= 4 is 35.6 Å². The summed E-state index contributed by atoms with van der Waals surface area (Å²) in [5.74, 6) is -6.23. The molecule has 13 heteroatoms.